The molecule has 2 N–H and O–H groups in total. The number of aryl methyl sites for hydroxylation is 2. The van der Waals surface area contributed by atoms with Gasteiger partial charge in [0.25, 0.3) is 5.91 Å². The number of nitrogens with zero attached hydrogens (tertiary/aromatic N) is 7. The van der Waals surface area contributed by atoms with Gasteiger partial charge < -0.3 is 20.4 Å². The van der Waals surface area contributed by atoms with Crippen molar-refractivity contribution < 1.29 is 18.0 Å². The van der Waals surface area contributed by atoms with E-state index in [1.54, 1.807) is 30.6 Å². The number of pyridine rings is 1. The maximum Gasteiger partial charge on any atom is 0.416 e. The molecule has 0 saturated carbocycles. The van der Waals surface area contributed by atoms with Crippen LogP contribution in [0.4, 0.5) is 30.2 Å². The largest absolute Gasteiger partial charge is 0.416 e. The van der Waals surface area contributed by atoms with E-state index in [0.29, 0.717) is 30.0 Å². The molecule has 4 heterocycles. The number of hydrogen-bond donors (Lipinski definition) is 2. The number of benzene rings is 2. The van der Waals surface area contributed by atoms with Gasteiger partial charge in [0.2, 0.25) is 0 Å². The highest BCUT2D eigenvalue weighted by Crippen LogP contribution is 2.35. The molecule has 5 aromatic rings. The second-order valence-corrected chi connectivity index (χ2v) is 13.7. The molecule has 1 fully saturated rings. The Morgan fingerprint density at radius 1 is 1.06 bits per heavy atom. The Balaban J connectivity index is 1.16. The highest BCUT2D eigenvalue weighted by atomic mass is 19.4. The molecule has 1 aliphatic heterocycles. The number of piperazine rings is 1. The van der Waals surface area contributed by atoms with Crippen molar-refractivity contribution in [1.29, 1.82) is 0 Å². The van der Waals surface area contributed by atoms with Gasteiger partial charge in [0, 0.05) is 68.0 Å². The molecular weight excluding hydrogens is 667 g/mol. The lowest BCUT2D eigenvalue weighted by molar-refractivity contribution is -0.138. The zero-order valence-electron chi connectivity index (χ0n) is 30.1. The molecule has 52 heavy (non-hydrogen) atoms. The van der Waals surface area contributed by atoms with Gasteiger partial charge in [-0.3, -0.25) is 18.8 Å². The molecule has 1 amide bonds. The normalized spacial score (nSPS) is 15.5. The number of amides is 1. The average Bonchev–Trinajstić information content (AvgIpc) is 3.73. The van der Waals surface area contributed by atoms with E-state index in [0.717, 1.165) is 49.1 Å². The van der Waals surface area contributed by atoms with Crippen molar-refractivity contribution in [2.45, 2.75) is 45.6 Å². The SMILES string of the molecule is Cc1ccc(C(=O)Nc2ccc(CN3CCN(C)[C@@H](C)C3)c(C(F)(F)F)c2)cc1C#Cc1cnc2c(Nc3cnn(CCCN(C)C)c3)cccn12. The minimum atomic E-state index is -4.57. The van der Waals surface area contributed by atoms with Gasteiger partial charge in [-0.2, -0.15) is 18.3 Å². The van der Waals surface area contributed by atoms with E-state index in [2.05, 4.69) is 63.4 Å². The highest BCUT2D eigenvalue weighted by molar-refractivity contribution is 6.04. The topological polar surface area (TPSA) is 86.0 Å². The second kappa shape index (κ2) is 15.6. The summed E-state index contributed by atoms with van der Waals surface area (Å²) in [6, 6.07) is 13.2. The highest BCUT2D eigenvalue weighted by Gasteiger charge is 2.34. The van der Waals surface area contributed by atoms with Crippen molar-refractivity contribution >= 4 is 28.6 Å². The van der Waals surface area contributed by atoms with Crippen LogP contribution in [0.25, 0.3) is 5.65 Å². The first-order chi connectivity index (χ1) is 24.8. The predicted octanol–water partition coefficient (Wildman–Crippen LogP) is 6.34. The molecule has 3 aromatic heterocycles. The van der Waals surface area contributed by atoms with Gasteiger partial charge in [-0.15, -0.1) is 0 Å². The smallest absolute Gasteiger partial charge is 0.350 e. The van der Waals surface area contributed by atoms with Crippen molar-refractivity contribution in [3.05, 3.63) is 107 Å². The number of anilines is 3. The number of imidazole rings is 1. The summed E-state index contributed by atoms with van der Waals surface area (Å²) in [5.74, 6) is 5.81. The lowest BCUT2D eigenvalue weighted by Crippen LogP contribution is -2.49. The van der Waals surface area contributed by atoms with E-state index >= 15 is 0 Å². The van der Waals surface area contributed by atoms with Crippen LogP contribution in [0.5, 0.6) is 0 Å². The molecule has 2 aromatic carbocycles. The summed E-state index contributed by atoms with van der Waals surface area (Å²) in [5, 5.41) is 10.5. The summed E-state index contributed by atoms with van der Waals surface area (Å²) in [7, 11) is 6.12. The van der Waals surface area contributed by atoms with Crippen LogP contribution in [0.2, 0.25) is 0 Å². The third-order valence-corrected chi connectivity index (χ3v) is 9.38. The zero-order valence-corrected chi connectivity index (χ0v) is 30.1. The third kappa shape index (κ3) is 8.82. The molecule has 1 atom stereocenters. The molecule has 10 nitrogen and oxygen atoms in total. The van der Waals surface area contributed by atoms with Crippen LogP contribution in [0.3, 0.4) is 0 Å². The fraction of sp³-hybridized carbons (Fsp3) is 0.359. The minimum Gasteiger partial charge on any atom is -0.350 e. The van der Waals surface area contributed by atoms with Crippen molar-refractivity contribution in [2.75, 3.05) is 58.0 Å². The Bertz CT molecular complexity index is 2110. The second-order valence-electron chi connectivity index (χ2n) is 13.7. The first-order valence-corrected chi connectivity index (χ1v) is 17.3. The fourth-order valence-corrected chi connectivity index (χ4v) is 6.25. The van der Waals surface area contributed by atoms with Crippen LogP contribution in [0.15, 0.2) is 73.3 Å². The molecule has 0 radical (unpaired) electrons. The Kier molecular flexibility index (Phi) is 11.0. The Labute approximate surface area is 302 Å². The number of aromatic nitrogens is 4. The Morgan fingerprint density at radius 2 is 1.88 bits per heavy atom. The average molecular weight is 712 g/mol. The van der Waals surface area contributed by atoms with Crippen molar-refractivity contribution in [3.63, 3.8) is 0 Å². The number of fused-ring (bicyclic) bond motifs is 1. The van der Waals surface area contributed by atoms with Gasteiger partial charge in [0.1, 0.15) is 5.69 Å². The summed E-state index contributed by atoms with van der Waals surface area (Å²) in [6.45, 7) is 8.11. The number of rotatable bonds is 10. The molecule has 13 heteroatoms. The monoisotopic (exact) mass is 711 g/mol. The lowest BCUT2D eigenvalue weighted by Gasteiger charge is -2.38. The third-order valence-electron chi connectivity index (χ3n) is 9.38. The minimum absolute atomic E-state index is 0.0767. The molecule has 0 aliphatic carbocycles. The van der Waals surface area contributed by atoms with Gasteiger partial charge in [-0.05, 0) is 101 Å². The maximum absolute atomic E-state index is 14.2. The summed E-state index contributed by atoms with van der Waals surface area (Å²) in [6.07, 6.45) is 3.75. The van der Waals surface area contributed by atoms with E-state index in [9.17, 15) is 18.0 Å². The van der Waals surface area contributed by atoms with Gasteiger partial charge in [-0.25, -0.2) is 4.98 Å². The number of hydrogen-bond acceptors (Lipinski definition) is 7. The van der Waals surface area contributed by atoms with E-state index in [4.69, 9.17) is 0 Å². The number of carbonyl (C=O) groups is 1. The quantitative estimate of drug-likeness (QED) is 0.164. The lowest BCUT2D eigenvalue weighted by atomic mass is 10.0. The summed E-state index contributed by atoms with van der Waals surface area (Å²) < 4.78 is 46.4. The van der Waals surface area contributed by atoms with Crippen LogP contribution in [-0.4, -0.2) is 93.1 Å². The van der Waals surface area contributed by atoms with Crippen LogP contribution in [0, 0.1) is 18.8 Å². The van der Waals surface area contributed by atoms with Gasteiger partial charge >= 0.3 is 6.18 Å². The Hall–Kier alpha value is -5.16. The standard InChI is InChI=1S/C39H44F3N9O/c1-27-9-10-30(38(52)46-32-13-11-31(35(21-32)39(40,41)42)25-49-19-18-48(5)28(2)24-49)20-29(27)12-14-34-23-43-37-36(8-6-17-51(34)37)45-33-22-44-50(26-33)16-7-15-47(3)4/h6,8-11,13,17,20-23,26,28,45H,7,15-16,18-19,24-25H2,1-5H3,(H,46,52)/t28-/m0/s1. The van der Waals surface area contributed by atoms with Crippen LogP contribution in [-0.2, 0) is 19.3 Å². The van der Waals surface area contributed by atoms with E-state index in [1.165, 1.54) is 12.1 Å². The van der Waals surface area contributed by atoms with Crippen molar-refractivity contribution in [1.82, 2.24) is 33.9 Å². The van der Waals surface area contributed by atoms with Gasteiger partial charge in [0.15, 0.2) is 5.65 Å². The molecule has 0 bridgehead atoms. The van der Waals surface area contributed by atoms with E-state index < -0.39 is 17.6 Å². The summed E-state index contributed by atoms with van der Waals surface area (Å²) >= 11 is 0. The fourth-order valence-electron chi connectivity index (χ4n) is 6.25. The van der Waals surface area contributed by atoms with E-state index in [1.807, 2.05) is 52.5 Å². The maximum atomic E-state index is 14.2. The molecule has 272 valence electrons. The van der Waals surface area contributed by atoms with Crippen molar-refractivity contribution in [2.24, 2.45) is 0 Å². The number of halogens is 3. The predicted molar refractivity (Wildman–Crippen MR) is 198 cm³/mol. The summed E-state index contributed by atoms with van der Waals surface area (Å²) in [4.78, 5) is 24.3. The van der Waals surface area contributed by atoms with Crippen molar-refractivity contribution in [3.8, 4) is 11.8 Å². The molecule has 0 unspecified atom stereocenters. The summed E-state index contributed by atoms with van der Waals surface area (Å²) in [5.41, 5.74) is 4.27. The van der Waals surface area contributed by atoms with Gasteiger partial charge in [-0.1, -0.05) is 18.1 Å². The number of nitrogens with one attached hydrogen (secondary N) is 2. The number of likely N-dealkylation sites (N-methyl/N-ethyl adjacent to an activating group) is 1. The van der Waals surface area contributed by atoms with Crippen LogP contribution < -0.4 is 10.6 Å². The zero-order chi connectivity index (χ0) is 37.0. The molecular formula is C39H44F3N9O. The molecule has 1 aliphatic rings. The first-order valence-electron chi connectivity index (χ1n) is 17.3. The molecule has 1 saturated heterocycles. The first kappa shape index (κ1) is 36.6. The number of carbonyl (C=O) groups excluding carboxylic acids is 1. The molecule has 0 spiro atoms. The van der Waals surface area contributed by atoms with Crippen LogP contribution >= 0.6 is 0 Å². The Morgan fingerprint density at radius 3 is 2.65 bits per heavy atom. The van der Waals surface area contributed by atoms with Crippen LogP contribution in [0.1, 0.15) is 51.7 Å². The molecule has 6 rings (SSSR count). The number of alkyl halides is 3. The van der Waals surface area contributed by atoms with Gasteiger partial charge in [0.05, 0.1) is 29.3 Å². The van der Waals surface area contributed by atoms with E-state index in [-0.39, 0.29) is 29.4 Å².